The Hall–Kier alpha value is -2.13. The summed E-state index contributed by atoms with van der Waals surface area (Å²) in [5, 5.41) is 8.90. The maximum atomic E-state index is 11.7. The van der Waals surface area contributed by atoms with Gasteiger partial charge in [0, 0.05) is 16.0 Å². The molecule has 1 aromatic heterocycles. The monoisotopic (exact) mass is 270 g/mol. The number of aryl methyl sites for hydroxylation is 1. The molecule has 1 N–H and O–H groups in total. The number of rotatable bonds is 1. The van der Waals surface area contributed by atoms with E-state index in [-0.39, 0.29) is 5.56 Å². The van der Waals surface area contributed by atoms with Crippen LogP contribution in [0.15, 0.2) is 47.3 Å². The number of hydrogen-bond acceptors (Lipinski definition) is 2. The number of benzene rings is 2. The van der Waals surface area contributed by atoms with Crippen LogP contribution in [0.4, 0.5) is 0 Å². The molecule has 0 saturated heterocycles. The first-order valence-corrected chi connectivity index (χ1v) is 6.28. The van der Waals surface area contributed by atoms with Gasteiger partial charge < -0.3 is 0 Å². The summed E-state index contributed by atoms with van der Waals surface area (Å²) in [4.78, 5) is 11.7. The van der Waals surface area contributed by atoms with Crippen LogP contribution in [0.3, 0.4) is 0 Å². The van der Waals surface area contributed by atoms with E-state index >= 15 is 0 Å². The van der Waals surface area contributed by atoms with Crippen LogP contribution < -0.4 is 5.56 Å². The Morgan fingerprint density at radius 1 is 1.11 bits per heavy atom. The van der Waals surface area contributed by atoms with Gasteiger partial charge in [0.05, 0.1) is 11.1 Å². The lowest BCUT2D eigenvalue weighted by Gasteiger charge is -2.06. The molecule has 0 aliphatic heterocycles. The van der Waals surface area contributed by atoms with Crippen LogP contribution in [0.5, 0.6) is 0 Å². The molecule has 0 amide bonds. The Balaban J connectivity index is 2.34. The van der Waals surface area contributed by atoms with Crippen LogP contribution in [-0.2, 0) is 0 Å². The van der Waals surface area contributed by atoms with Gasteiger partial charge in [-0.05, 0) is 30.7 Å². The highest BCUT2D eigenvalue weighted by Gasteiger charge is 2.08. The molecule has 0 aliphatic rings. The first kappa shape index (κ1) is 11.9. The minimum absolute atomic E-state index is 0.176. The van der Waals surface area contributed by atoms with Crippen molar-refractivity contribution in [1.82, 2.24) is 10.2 Å². The molecule has 3 aromatic rings. The second kappa shape index (κ2) is 4.52. The minimum atomic E-state index is -0.176. The molecule has 0 aliphatic carbocycles. The standard InChI is InChI=1S/C15H11ClN2O/c1-9-8-10(6-7-13(9)16)14-11-4-2-3-5-12(11)15(19)18-17-14/h2-8H,1H3,(H,18,19). The summed E-state index contributed by atoms with van der Waals surface area (Å²) in [5.41, 5.74) is 2.51. The molecular formula is C15H11ClN2O. The van der Waals surface area contributed by atoms with Gasteiger partial charge in [-0.3, -0.25) is 4.79 Å². The average Bonchev–Trinajstić information content (AvgIpc) is 2.43. The van der Waals surface area contributed by atoms with Gasteiger partial charge in [0.1, 0.15) is 0 Å². The maximum absolute atomic E-state index is 11.7. The maximum Gasteiger partial charge on any atom is 0.272 e. The molecule has 4 heteroatoms. The van der Waals surface area contributed by atoms with Gasteiger partial charge in [0.15, 0.2) is 0 Å². The highest BCUT2D eigenvalue weighted by Crippen LogP contribution is 2.27. The molecule has 2 aromatic carbocycles. The van der Waals surface area contributed by atoms with Crippen molar-refractivity contribution in [3.8, 4) is 11.3 Å². The Labute approximate surface area is 114 Å². The van der Waals surface area contributed by atoms with Gasteiger partial charge in [-0.25, -0.2) is 5.10 Å². The van der Waals surface area contributed by atoms with E-state index in [9.17, 15) is 4.79 Å². The Morgan fingerprint density at radius 2 is 1.84 bits per heavy atom. The highest BCUT2D eigenvalue weighted by molar-refractivity contribution is 6.31. The quantitative estimate of drug-likeness (QED) is 0.735. The number of halogens is 1. The van der Waals surface area contributed by atoms with E-state index in [0.29, 0.717) is 5.39 Å². The smallest absolute Gasteiger partial charge is 0.267 e. The summed E-state index contributed by atoms with van der Waals surface area (Å²) >= 11 is 6.03. The number of fused-ring (bicyclic) bond motifs is 1. The minimum Gasteiger partial charge on any atom is -0.267 e. The average molecular weight is 271 g/mol. The number of H-pyrrole nitrogens is 1. The number of aromatic amines is 1. The largest absolute Gasteiger partial charge is 0.272 e. The topological polar surface area (TPSA) is 45.8 Å². The molecule has 19 heavy (non-hydrogen) atoms. The third-order valence-corrected chi connectivity index (χ3v) is 3.55. The van der Waals surface area contributed by atoms with Crippen LogP contribution in [-0.4, -0.2) is 10.2 Å². The van der Waals surface area contributed by atoms with Gasteiger partial charge in [-0.15, -0.1) is 0 Å². The Kier molecular flexibility index (Phi) is 2.84. The molecule has 0 spiro atoms. The number of aromatic nitrogens is 2. The fourth-order valence-corrected chi connectivity index (χ4v) is 2.24. The zero-order valence-corrected chi connectivity index (χ0v) is 11.0. The van der Waals surface area contributed by atoms with Crippen LogP contribution >= 0.6 is 11.6 Å². The summed E-state index contributed by atoms with van der Waals surface area (Å²) in [6.45, 7) is 1.94. The Bertz CT molecular complexity index is 824. The summed E-state index contributed by atoms with van der Waals surface area (Å²) in [7, 11) is 0. The molecule has 1 heterocycles. The SMILES string of the molecule is Cc1cc(-c2n[nH]c(=O)c3ccccc23)ccc1Cl. The van der Waals surface area contributed by atoms with E-state index in [2.05, 4.69) is 10.2 Å². The third-order valence-electron chi connectivity index (χ3n) is 3.13. The predicted molar refractivity (Wildman–Crippen MR) is 77.5 cm³/mol. The lowest BCUT2D eigenvalue weighted by Crippen LogP contribution is -2.09. The van der Waals surface area contributed by atoms with Gasteiger partial charge in [0.2, 0.25) is 0 Å². The van der Waals surface area contributed by atoms with Crippen molar-refractivity contribution < 1.29 is 0 Å². The first-order chi connectivity index (χ1) is 9.16. The summed E-state index contributed by atoms with van der Waals surface area (Å²) in [5.74, 6) is 0. The van der Waals surface area contributed by atoms with E-state index in [1.54, 1.807) is 6.07 Å². The molecule has 0 fully saturated rings. The van der Waals surface area contributed by atoms with Crippen LogP contribution in [0.1, 0.15) is 5.56 Å². The summed E-state index contributed by atoms with van der Waals surface area (Å²) in [6, 6.07) is 13.1. The van der Waals surface area contributed by atoms with Crippen molar-refractivity contribution in [3.63, 3.8) is 0 Å². The van der Waals surface area contributed by atoms with Crippen molar-refractivity contribution in [2.45, 2.75) is 6.92 Å². The van der Waals surface area contributed by atoms with Crippen molar-refractivity contribution in [2.75, 3.05) is 0 Å². The molecule has 3 nitrogen and oxygen atoms in total. The van der Waals surface area contributed by atoms with Gasteiger partial charge in [-0.1, -0.05) is 35.9 Å². The molecule has 0 unspecified atom stereocenters. The third kappa shape index (κ3) is 2.02. The van der Waals surface area contributed by atoms with Gasteiger partial charge >= 0.3 is 0 Å². The van der Waals surface area contributed by atoms with Crippen molar-refractivity contribution in [2.24, 2.45) is 0 Å². The molecule has 0 bridgehead atoms. The summed E-state index contributed by atoms with van der Waals surface area (Å²) in [6.07, 6.45) is 0. The normalized spacial score (nSPS) is 10.8. The zero-order valence-electron chi connectivity index (χ0n) is 10.3. The molecule has 94 valence electrons. The van der Waals surface area contributed by atoms with Crippen molar-refractivity contribution >= 4 is 22.4 Å². The Morgan fingerprint density at radius 3 is 2.58 bits per heavy atom. The van der Waals surface area contributed by atoms with E-state index in [0.717, 1.165) is 27.2 Å². The fraction of sp³-hybridized carbons (Fsp3) is 0.0667. The molecule has 0 atom stereocenters. The van der Waals surface area contributed by atoms with Gasteiger partial charge in [0.25, 0.3) is 5.56 Å². The lowest BCUT2D eigenvalue weighted by molar-refractivity contribution is 1.02. The zero-order chi connectivity index (χ0) is 13.4. The number of nitrogens with zero attached hydrogens (tertiary/aromatic N) is 1. The molecule has 0 saturated carbocycles. The van der Waals surface area contributed by atoms with E-state index < -0.39 is 0 Å². The van der Waals surface area contributed by atoms with Gasteiger partial charge in [-0.2, -0.15) is 5.10 Å². The fourth-order valence-electron chi connectivity index (χ4n) is 2.13. The van der Waals surface area contributed by atoms with Crippen LogP contribution in [0, 0.1) is 6.92 Å². The number of nitrogens with one attached hydrogen (secondary N) is 1. The predicted octanol–water partition coefficient (Wildman–Crippen LogP) is 3.55. The number of hydrogen-bond donors (Lipinski definition) is 1. The summed E-state index contributed by atoms with van der Waals surface area (Å²) < 4.78 is 0. The first-order valence-electron chi connectivity index (χ1n) is 5.91. The highest BCUT2D eigenvalue weighted by atomic mass is 35.5. The second-order valence-electron chi connectivity index (χ2n) is 4.41. The van der Waals surface area contributed by atoms with Crippen molar-refractivity contribution in [3.05, 3.63) is 63.4 Å². The van der Waals surface area contributed by atoms with E-state index in [4.69, 9.17) is 11.6 Å². The molecule has 3 rings (SSSR count). The molecule has 0 radical (unpaired) electrons. The second-order valence-corrected chi connectivity index (χ2v) is 4.82. The van der Waals surface area contributed by atoms with E-state index in [1.165, 1.54) is 0 Å². The van der Waals surface area contributed by atoms with Crippen molar-refractivity contribution in [1.29, 1.82) is 0 Å². The molecular weight excluding hydrogens is 260 g/mol. The van der Waals surface area contributed by atoms with Crippen LogP contribution in [0.2, 0.25) is 5.02 Å². The van der Waals surface area contributed by atoms with Crippen LogP contribution in [0.25, 0.3) is 22.0 Å². The lowest BCUT2D eigenvalue weighted by atomic mass is 10.0. The van der Waals surface area contributed by atoms with E-state index in [1.807, 2.05) is 43.3 Å².